The van der Waals surface area contributed by atoms with Gasteiger partial charge in [-0.3, -0.25) is 19.7 Å². The zero-order valence-corrected chi connectivity index (χ0v) is 15.4. The maximum atomic E-state index is 12.4. The van der Waals surface area contributed by atoms with Crippen LogP contribution < -0.4 is 10.6 Å². The van der Waals surface area contributed by atoms with Gasteiger partial charge in [0, 0.05) is 17.7 Å². The summed E-state index contributed by atoms with van der Waals surface area (Å²) in [5.41, 5.74) is 0.500. The average Bonchev–Trinajstić information content (AvgIpc) is 2.59. The van der Waals surface area contributed by atoms with Crippen LogP contribution in [0.2, 0.25) is 0 Å². The van der Waals surface area contributed by atoms with Gasteiger partial charge in [0.1, 0.15) is 0 Å². The molecule has 0 aromatic heterocycles. The standard InChI is InChI=1S/C20H21N3O4/c1-20(2,3)22-19(25)15-9-5-6-10-16(15)21-18(24)13-12-14-8-4-7-11-17(14)23(26)27/h4-13H,1-3H3,(H,21,24)(H,22,25)/b13-12+. The van der Waals surface area contributed by atoms with E-state index < -0.39 is 16.4 Å². The van der Waals surface area contributed by atoms with Gasteiger partial charge in [0.05, 0.1) is 21.7 Å². The molecule has 0 aliphatic carbocycles. The van der Waals surface area contributed by atoms with Gasteiger partial charge in [0.25, 0.3) is 11.6 Å². The lowest BCUT2D eigenvalue weighted by Crippen LogP contribution is -2.40. The van der Waals surface area contributed by atoms with Crippen LogP contribution in [0.25, 0.3) is 6.08 Å². The Labute approximate surface area is 157 Å². The fraction of sp³-hybridized carbons (Fsp3) is 0.200. The molecule has 0 aliphatic rings. The summed E-state index contributed by atoms with van der Waals surface area (Å²) < 4.78 is 0. The molecular weight excluding hydrogens is 346 g/mol. The molecule has 0 radical (unpaired) electrons. The molecule has 27 heavy (non-hydrogen) atoms. The highest BCUT2D eigenvalue weighted by molar-refractivity contribution is 6.07. The summed E-state index contributed by atoms with van der Waals surface area (Å²) in [6.07, 6.45) is 2.56. The summed E-state index contributed by atoms with van der Waals surface area (Å²) in [7, 11) is 0. The van der Waals surface area contributed by atoms with Crippen molar-refractivity contribution >= 4 is 29.3 Å². The number of rotatable bonds is 5. The molecule has 0 saturated carbocycles. The molecule has 2 aromatic carbocycles. The number of nitrogens with one attached hydrogen (secondary N) is 2. The molecule has 0 spiro atoms. The first-order valence-corrected chi connectivity index (χ1v) is 8.31. The molecule has 0 atom stereocenters. The minimum absolute atomic E-state index is 0.0912. The Balaban J connectivity index is 2.18. The number of nitro benzene ring substituents is 1. The zero-order chi connectivity index (χ0) is 20.0. The van der Waals surface area contributed by atoms with E-state index >= 15 is 0 Å². The molecule has 0 fully saturated rings. The normalized spacial score (nSPS) is 11.2. The second-order valence-corrected chi connectivity index (χ2v) is 6.89. The second kappa shape index (κ2) is 8.27. The van der Waals surface area contributed by atoms with E-state index in [-0.39, 0.29) is 11.6 Å². The van der Waals surface area contributed by atoms with Gasteiger partial charge in [-0.05, 0) is 45.0 Å². The topological polar surface area (TPSA) is 101 Å². The monoisotopic (exact) mass is 367 g/mol. The predicted molar refractivity (Wildman–Crippen MR) is 104 cm³/mol. The summed E-state index contributed by atoms with van der Waals surface area (Å²) in [5.74, 6) is -0.801. The number of carbonyl (C=O) groups excluding carboxylic acids is 2. The smallest absolute Gasteiger partial charge is 0.276 e. The lowest BCUT2D eigenvalue weighted by Gasteiger charge is -2.21. The molecule has 0 aliphatic heterocycles. The number of benzene rings is 2. The SMILES string of the molecule is CC(C)(C)NC(=O)c1ccccc1NC(=O)/C=C/c1ccccc1[N+](=O)[O-]. The van der Waals surface area contributed by atoms with E-state index in [1.54, 1.807) is 42.5 Å². The Morgan fingerprint density at radius 3 is 2.33 bits per heavy atom. The van der Waals surface area contributed by atoms with Crippen molar-refractivity contribution in [3.63, 3.8) is 0 Å². The van der Waals surface area contributed by atoms with Crippen molar-refractivity contribution in [3.05, 3.63) is 75.8 Å². The van der Waals surface area contributed by atoms with Crippen molar-refractivity contribution in [1.29, 1.82) is 0 Å². The quantitative estimate of drug-likeness (QED) is 0.477. The van der Waals surface area contributed by atoms with Crippen LogP contribution in [-0.2, 0) is 4.79 Å². The summed E-state index contributed by atoms with van der Waals surface area (Å²) in [6.45, 7) is 5.59. The van der Waals surface area contributed by atoms with E-state index in [4.69, 9.17) is 0 Å². The number of carbonyl (C=O) groups is 2. The van der Waals surface area contributed by atoms with Gasteiger partial charge in [0.2, 0.25) is 5.91 Å². The average molecular weight is 367 g/mol. The summed E-state index contributed by atoms with van der Waals surface area (Å²) in [5, 5.41) is 16.5. The zero-order valence-electron chi connectivity index (χ0n) is 15.4. The summed E-state index contributed by atoms with van der Waals surface area (Å²) >= 11 is 0. The first-order valence-electron chi connectivity index (χ1n) is 8.31. The Kier molecular flexibility index (Phi) is 6.07. The van der Waals surface area contributed by atoms with Gasteiger partial charge in [-0.25, -0.2) is 0 Å². The van der Waals surface area contributed by atoms with Crippen molar-refractivity contribution in [2.45, 2.75) is 26.3 Å². The van der Waals surface area contributed by atoms with E-state index in [0.29, 0.717) is 16.8 Å². The number of anilines is 1. The largest absolute Gasteiger partial charge is 0.347 e. The van der Waals surface area contributed by atoms with E-state index in [9.17, 15) is 19.7 Å². The molecule has 2 N–H and O–H groups in total. The lowest BCUT2D eigenvalue weighted by molar-refractivity contribution is -0.385. The second-order valence-electron chi connectivity index (χ2n) is 6.89. The number of para-hydroxylation sites is 2. The van der Waals surface area contributed by atoms with Gasteiger partial charge in [0.15, 0.2) is 0 Å². The van der Waals surface area contributed by atoms with Crippen LogP contribution >= 0.6 is 0 Å². The molecule has 0 heterocycles. The first-order chi connectivity index (χ1) is 12.7. The Bertz CT molecular complexity index is 898. The minimum atomic E-state index is -0.510. The van der Waals surface area contributed by atoms with Gasteiger partial charge >= 0.3 is 0 Å². The minimum Gasteiger partial charge on any atom is -0.347 e. The third-order valence-electron chi connectivity index (χ3n) is 3.47. The summed E-state index contributed by atoms with van der Waals surface area (Å²) in [4.78, 5) is 35.1. The van der Waals surface area contributed by atoms with Crippen LogP contribution in [0.5, 0.6) is 0 Å². The number of nitrogens with zero attached hydrogens (tertiary/aromatic N) is 1. The highest BCUT2D eigenvalue weighted by Crippen LogP contribution is 2.20. The van der Waals surface area contributed by atoms with Crippen molar-refractivity contribution in [2.75, 3.05) is 5.32 Å². The van der Waals surface area contributed by atoms with Crippen LogP contribution in [0.1, 0.15) is 36.7 Å². The molecule has 140 valence electrons. The van der Waals surface area contributed by atoms with Crippen molar-refractivity contribution in [1.82, 2.24) is 5.32 Å². The maximum absolute atomic E-state index is 12.4. The van der Waals surface area contributed by atoms with Crippen molar-refractivity contribution in [3.8, 4) is 0 Å². The molecule has 0 bridgehead atoms. The van der Waals surface area contributed by atoms with Gasteiger partial charge in [-0.2, -0.15) is 0 Å². The number of hydrogen-bond acceptors (Lipinski definition) is 4. The van der Waals surface area contributed by atoms with Crippen LogP contribution in [-0.4, -0.2) is 22.3 Å². The van der Waals surface area contributed by atoms with Crippen LogP contribution in [0, 0.1) is 10.1 Å². The number of nitro groups is 1. The van der Waals surface area contributed by atoms with Crippen molar-refractivity contribution < 1.29 is 14.5 Å². The fourth-order valence-electron chi connectivity index (χ4n) is 2.33. The Morgan fingerprint density at radius 2 is 1.67 bits per heavy atom. The third-order valence-corrected chi connectivity index (χ3v) is 3.47. The molecule has 2 aromatic rings. The highest BCUT2D eigenvalue weighted by Gasteiger charge is 2.18. The first kappa shape index (κ1) is 19.8. The molecule has 2 amide bonds. The molecule has 7 nitrogen and oxygen atoms in total. The van der Waals surface area contributed by atoms with Gasteiger partial charge in [-0.15, -0.1) is 0 Å². The van der Waals surface area contributed by atoms with E-state index in [1.165, 1.54) is 18.2 Å². The van der Waals surface area contributed by atoms with E-state index in [2.05, 4.69) is 10.6 Å². The fourth-order valence-corrected chi connectivity index (χ4v) is 2.33. The lowest BCUT2D eigenvalue weighted by atomic mass is 10.1. The maximum Gasteiger partial charge on any atom is 0.276 e. The van der Waals surface area contributed by atoms with Gasteiger partial charge in [-0.1, -0.05) is 24.3 Å². The molecule has 2 rings (SSSR count). The number of amides is 2. The third kappa shape index (κ3) is 5.78. The molecule has 7 heteroatoms. The molecular formula is C20H21N3O4. The number of hydrogen-bond donors (Lipinski definition) is 2. The highest BCUT2D eigenvalue weighted by atomic mass is 16.6. The summed E-state index contributed by atoms with van der Waals surface area (Å²) in [6, 6.07) is 12.8. The van der Waals surface area contributed by atoms with E-state index in [1.807, 2.05) is 20.8 Å². The van der Waals surface area contributed by atoms with Crippen LogP contribution in [0.4, 0.5) is 11.4 Å². The van der Waals surface area contributed by atoms with Crippen LogP contribution in [0.3, 0.4) is 0 Å². The van der Waals surface area contributed by atoms with Gasteiger partial charge < -0.3 is 10.6 Å². The Morgan fingerprint density at radius 1 is 1.04 bits per heavy atom. The van der Waals surface area contributed by atoms with Crippen molar-refractivity contribution in [2.24, 2.45) is 0 Å². The molecule has 0 saturated heterocycles. The predicted octanol–water partition coefficient (Wildman–Crippen LogP) is 3.78. The molecule has 0 unspecified atom stereocenters. The van der Waals surface area contributed by atoms with E-state index in [0.717, 1.165) is 0 Å². The Hall–Kier alpha value is -3.48. The van der Waals surface area contributed by atoms with Crippen LogP contribution in [0.15, 0.2) is 54.6 Å².